The summed E-state index contributed by atoms with van der Waals surface area (Å²) < 4.78 is 6.47. The number of nitrogens with one attached hydrogen (secondary N) is 1. The minimum atomic E-state index is 0.314. The maximum Gasteiger partial charge on any atom is 0.119 e. The molecular weight excluding hydrogens is 326 g/mol. The van der Waals surface area contributed by atoms with Crippen LogP contribution >= 0.6 is 15.9 Å². The molecule has 0 saturated heterocycles. The van der Waals surface area contributed by atoms with Crippen LogP contribution in [0.3, 0.4) is 0 Å². The molecule has 0 radical (unpaired) electrons. The van der Waals surface area contributed by atoms with Gasteiger partial charge in [0.15, 0.2) is 0 Å². The van der Waals surface area contributed by atoms with Crippen LogP contribution in [0, 0.1) is 6.92 Å². The Balaban J connectivity index is 2.23. The van der Waals surface area contributed by atoms with Crippen molar-refractivity contribution in [3.63, 3.8) is 0 Å². The predicted octanol–water partition coefficient (Wildman–Crippen LogP) is 4.66. The largest absolute Gasteiger partial charge is 0.497 e. The van der Waals surface area contributed by atoms with E-state index >= 15 is 0 Å². The summed E-state index contributed by atoms with van der Waals surface area (Å²) in [7, 11) is 1.71. The Morgan fingerprint density at radius 1 is 1.19 bits per heavy atom. The Morgan fingerprint density at radius 3 is 2.67 bits per heavy atom. The normalized spacial score (nSPS) is 12.2. The molecule has 0 amide bonds. The number of hydrogen-bond acceptors (Lipinski definition) is 2. The van der Waals surface area contributed by atoms with Gasteiger partial charge in [-0.3, -0.25) is 0 Å². The molecule has 0 heterocycles. The molecular formula is C18H22BrNO. The second kappa shape index (κ2) is 7.62. The van der Waals surface area contributed by atoms with E-state index in [0.29, 0.717) is 6.04 Å². The second-order valence-corrected chi connectivity index (χ2v) is 6.03. The van der Waals surface area contributed by atoms with Gasteiger partial charge in [0.25, 0.3) is 0 Å². The number of hydrogen-bond donors (Lipinski definition) is 1. The first-order valence-corrected chi connectivity index (χ1v) is 8.05. The lowest BCUT2D eigenvalue weighted by molar-refractivity contribution is 0.414. The first kappa shape index (κ1) is 16.1. The Bertz CT molecular complexity index is 598. The molecule has 2 aromatic carbocycles. The molecule has 3 heteroatoms. The number of halogens is 1. The summed E-state index contributed by atoms with van der Waals surface area (Å²) >= 11 is 3.57. The van der Waals surface area contributed by atoms with Crippen LogP contribution in [-0.4, -0.2) is 13.7 Å². The molecule has 0 saturated carbocycles. The van der Waals surface area contributed by atoms with Gasteiger partial charge in [-0.15, -0.1) is 0 Å². The van der Waals surface area contributed by atoms with E-state index in [9.17, 15) is 0 Å². The van der Waals surface area contributed by atoms with Crippen LogP contribution in [0.1, 0.15) is 29.7 Å². The first-order valence-electron chi connectivity index (χ1n) is 7.26. The molecule has 1 N–H and O–H groups in total. The van der Waals surface area contributed by atoms with Gasteiger partial charge in [0.05, 0.1) is 7.11 Å². The highest BCUT2D eigenvalue weighted by atomic mass is 79.9. The molecule has 2 rings (SSSR count). The van der Waals surface area contributed by atoms with Crippen molar-refractivity contribution in [3.8, 4) is 5.75 Å². The van der Waals surface area contributed by atoms with Crippen molar-refractivity contribution < 1.29 is 4.74 Å². The summed E-state index contributed by atoms with van der Waals surface area (Å²) in [5.41, 5.74) is 3.86. The van der Waals surface area contributed by atoms with Crippen molar-refractivity contribution >= 4 is 15.9 Å². The van der Waals surface area contributed by atoms with E-state index in [1.807, 2.05) is 12.1 Å². The lowest BCUT2D eigenvalue weighted by Gasteiger charge is -2.20. The van der Waals surface area contributed by atoms with E-state index < -0.39 is 0 Å². The zero-order valence-corrected chi connectivity index (χ0v) is 14.4. The average molecular weight is 348 g/mol. The van der Waals surface area contributed by atoms with Gasteiger partial charge in [-0.2, -0.15) is 0 Å². The molecule has 1 unspecified atom stereocenters. The zero-order valence-electron chi connectivity index (χ0n) is 12.8. The van der Waals surface area contributed by atoms with Gasteiger partial charge < -0.3 is 10.1 Å². The summed E-state index contributed by atoms with van der Waals surface area (Å²) in [6, 6.07) is 15.2. The smallest absolute Gasteiger partial charge is 0.119 e. The molecule has 21 heavy (non-hydrogen) atoms. The molecule has 2 aromatic rings. The Hall–Kier alpha value is -1.32. The quantitative estimate of drug-likeness (QED) is 0.820. The van der Waals surface area contributed by atoms with Gasteiger partial charge >= 0.3 is 0 Å². The fraction of sp³-hybridized carbons (Fsp3) is 0.333. The summed E-state index contributed by atoms with van der Waals surface area (Å²) in [6.07, 6.45) is 0.951. The van der Waals surface area contributed by atoms with Crippen molar-refractivity contribution in [2.24, 2.45) is 0 Å². The summed E-state index contributed by atoms with van der Waals surface area (Å²) in [4.78, 5) is 0. The highest BCUT2D eigenvalue weighted by Gasteiger charge is 2.12. The van der Waals surface area contributed by atoms with Gasteiger partial charge in [-0.1, -0.05) is 47.1 Å². The van der Waals surface area contributed by atoms with E-state index in [4.69, 9.17) is 4.74 Å². The third-order valence-electron chi connectivity index (χ3n) is 3.61. The predicted molar refractivity (Wildman–Crippen MR) is 92.0 cm³/mol. The first-order chi connectivity index (χ1) is 10.1. The van der Waals surface area contributed by atoms with Crippen LogP contribution in [0.15, 0.2) is 46.9 Å². The van der Waals surface area contributed by atoms with Gasteiger partial charge in [-0.25, -0.2) is 0 Å². The average Bonchev–Trinajstić information content (AvgIpc) is 2.50. The van der Waals surface area contributed by atoms with Gasteiger partial charge in [0, 0.05) is 10.5 Å². The van der Waals surface area contributed by atoms with Gasteiger partial charge in [0.1, 0.15) is 5.75 Å². The van der Waals surface area contributed by atoms with E-state index in [1.54, 1.807) is 7.11 Å². The Morgan fingerprint density at radius 2 is 2.00 bits per heavy atom. The second-order valence-electron chi connectivity index (χ2n) is 5.17. The van der Waals surface area contributed by atoms with E-state index in [2.05, 4.69) is 65.4 Å². The van der Waals surface area contributed by atoms with Crippen molar-refractivity contribution in [1.82, 2.24) is 5.32 Å². The van der Waals surface area contributed by atoms with Crippen molar-refractivity contribution in [1.29, 1.82) is 0 Å². The molecule has 0 aliphatic heterocycles. The molecule has 0 aromatic heterocycles. The van der Waals surface area contributed by atoms with Crippen LogP contribution in [-0.2, 0) is 6.42 Å². The summed E-state index contributed by atoms with van der Waals surface area (Å²) in [5.74, 6) is 0.912. The van der Waals surface area contributed by atoms with Crippen molar-refractivity contribution in [3.05, 3.63) is 63.6 Å². The molecule has 0 aliphatic rings. The SMILES string of the molecule is CCNC(Cc1cccc(OC)c1)c1ccc(Br)c(C)c1. The molecule has 1 atom stereocenters. The standard InChI is InChI=1S/C18H22BrNO/c1-4-20-18(15-8-9-17(19)13(2)10-15)12-14-6-5-7-16(11-14)21-3/h5-11,18,20H,4,12H2,1-3H3. The minimum absolute atomic E-state index is 0.314. The Labute approximate surface area is 135 Å². The summed E-state index contributed by atoms with van der Waals surface area (Å²) in [6.45, 7) is 5.22. The highest BCUT2D eigenvalue weighted by Crippen LogP contribution is 2.25. The van der Waals surface area contributed by atoms with E-state index in [1.165, 1.54) is 16.7 Å². The maximum atomic E-state index is 5.31. The number of rotatable bonds is 6. The fourth-order valence-electron chi connectivity index (χ4n) is 2.47. The molecule has 112 valence electrons. The van der Waals surface area contributed by atoms with Crippen molar-refractivity contribution in [2.75, 3.05) is 13.7 Å². The topological polar surface area (TPSA) is 21.3 Å². The third kappa shape index (κ3) is 4.32. The van der Waals surface area contributed by atoms with Gasteiger partial charge in [-0.05, 0) is 54.8 Å². The van der Waals surface area contributed by atoms with Crippen LogP contribution in [0.25, 0.3) is 0 Å². The number of methoxy groups -OCH3 is 1. The molecule has 0 aliphatic carbocycles. The summed E-state index contributed by atoms with van der Waals surface area (Å²) in [5, 5.41) is 3.58. The monoisotopic (exact) mass is 347 g/mol. The highest BCUT2D eigenvalue weighted by molar-refractivity contribution is 9.10. The van der Waals surface area contributed by atoms with Crippen LogP contribution < -0.4 is 10.1 Å². The molecule has 2 nitrogen and oxygen atoms in total. The fourth-order valence-corrected chi connectivity index (χ4v) is 2.72. The lowest BCUT2D eigenvalue weighted by Crippen LogP contribution is -2.23. The third-order valence-corrected chi connectivity index (χ3v) is 4.50. The molecule has 0 bridgehead atoms. The number of aryl methyl sites for hydroxylation is 1. The van der Waals surface area contributed by atoms with E-state index in [0.717, 1.165) is 23.2 Å². The van der Waals surface area contributed by atoms with Crippen LogP contribution in [0.5, 0.6) is 5.75 Å². The van der Waals surface area contributed by atoms with Crippen LogP contribution in [0.4, 0.5) is 0 Å². The molecule has 0 spiro atoms. The Kier molecular flexibility index (Phi) is 5.83. The van der Waals surface area contributed by atoms with Gasteiger partial charge in [0.2, 0.25) is 0 Å². The number of ether oxygens (including phenoxy) is 1. The maximum absolute atomic E-state index is 5.31. The lowest BCUT2D eigenvalue weighted by atomic mass is 9.97. The minimum Gasteiger partial charge on any atom is -0.497 e. The molecule has 0 fully saturated rings. The number of benzene rings is 2. The zero-order chi connectivity index (χ0) is 15.2. The van der Waals surface area contributed by atoms with E-state index in [-0.39, 0.29) is 0 Å². The number of likely N-dealkylation sites (N-methyl/N-ethyl adjacent to an activating group) is 1. The van der Waals surface area contributed by atoms with Crippen molar-refractivity contribution in [2.45, 2.75) is 26.3 Å². The van der Waals surface area contributed by atoms with Crippen LogP contribution in [0.2, 0.25) is 0 Å².